The highest BCUT2D eigenvalue weighted by Gasteiger charge is 2.36. The lowest BCUT2D eigenvalue weighted by molar-refractivity contribution is -0.119. The second-order valence-electron chi connectivity index (χ2n) is 6.78. The number of sulfonamides is 1. The van der Waals surface area contributed by atoms with E-state index < -0.39 is 10.0 Å². The van der Waals surface area contributed by atoms with E-state index in [9.17, 15) is 13.2 Å². The van der Waals surface area contributed by atoms with Crippen LogP contribution in [0.3, 0.4) is 0 Å². The average Bonchev–Trinajstić information content (AvgIpc) is 2.59. The first kappa shape index (κ1) is 19.1. The molecule has 3 N–H and O–H groups in total. The molecule has 0 radical (unpaired) electrons. The van der Waals surface area contributed by atoms with E-state index in [2.05, 4.69) is 10.3 Å². The smallest absolute Gasteiger partial charge is 0.249 e. The topological polar surface area (TPSA) is 109 Å². The summed E-state index contributed by atoms with van der Waals surface area (Å²) in [5, 5.41) is 8.32. The maximum Gasteiger partial charge on any atom is 0.249 e. The highest BCUT2D eigenvalue weighted by molar-refractivity contribution is 7.89. The maximum atomic E-state index is 12.5. The number of benzene rings is 1. The predicted molar refractivity (Wildman–Crippen MR) is 106 cm³/mol. The quantitative estimate of drug-likeness (QED) is 0.828. The number of nitrogens with one attached hydrogen (secondary N) is 1. The van der Waals surface area contributed by atoms with Crippen LogP contribution in [0.25, 0.3) is 0 Å². The zero-order valence-electron chi connectivity index (χ0n) is 15.7. The van der Waals surface area contributed by atoms with E-state index in [0.717, 1.165) is 0 Å². The van der Waals surface area contributed by atoms with Crippen LogP contribution < -0.4 is 20.3 Å². The molecule has 1 aromatic heterocycles. The average molecular weight is 389 g/mol. The normalized spacial score (nSPS) is 17.3. The number of aromatic nitrogens is 1. The van der Waals surface area contributed by atoms with Gasteiger partial charge in [0.15, 0.2) is 5.82 Å². The van der Waals surface area contributed by atoms with Gasteiger partial charge in [0.2, 0.25) is 15.9 Å². The Morgan fingerprint density at radius 3 is 2.48 bits per heavy atom. The van der Waals surface area contributed by atoms with Crippen molar-refractivity contribution in [1.29, 1.82) is 0 Å². The first-order chi connectivity index (χ1) is 12.6. The third kappa shape index (κ3) is 3.47. The molecule has 8 nitrogen and oxygen atoms in total. The van der Waals surface area contributed by atoms with E-state index >= 15 is 0 Å². The number of carbonyl (C=O) groups excluding carboxylic acids is 1. The second kappa shape index (κ2) is 6.82. The van der Waals surface area contributed by atoms with Crippen molar-refractivity contribution >= 4 is 38.9 Å². The van der Waals surface area contributed by atoms with E-state index in [0.29, 0.717) is 23.0 Å². The number of amides is 1. The summed E-state index contributed by atoms with van der Waals surface area (Å²) in [5.41, 5.74) is 1.05. The zero-order chi connectivity index (χ0) is 19.9. The third-order valence-corrected chi connectivity index (χ3v) is 5.55. The number of fused-ring (bicyclic) bond motifs is 1. The van der Waals surface area contributed by atoms with Gasteiger partial charge < -0.3 is 15.1 Å². The summed E-state index contributed by atoms with van der Waals surface area (Å²) in [6, 6.07) is 9.60. The highest BCUT2D eigenvalue weighted by atomic mass is 32.2. The summed E-state index contributed by atoms with van der Waals surface area (Å²) in [5.74, 6) is 1.13. The van der Waals surface area contributed by atoms with Crippen molar-refractivity contribution in [1.82, 2.24) is 4.98 Å². The lowest BCUT2D eigenvalue weighted by Crippen LogP contribution is -2.53. The fraction of sp³-hybridized carbons (Fsp3) is 0.333. The molecule has 0 spiro atoms. The van der Waals surface area contributed by atoms with E-state index in [4.69, 9.17) is 5.14 Å². The van der Waals surface area contributed by atoms with Crippen LogP contribution >= 0.6 is 0 Å². The minimum absolute atomic E-state index is 0.00159. The molecule has 1 aliphatic heterocycles. The molecule has 144 valence electrons. The Kier molecular flexibility index (Phi) is 4.83. The van der Waals surface area contributed by atoms with Crippen molar-refractivity contribution in [3.63, 3.8) is 0 Å². The van der Waals surface area contributed by atoms with Crippen molar-refractivity contribution in [2.24, 2.45) is 5.14 Å². The summed E-state index contributed by atoms with van der Waals surface area (Å²) in [7, 11) is -2.15. The molecule has 0 saturated heterocycles. The number of carbonyl (C=O) groups is 1. The second-order valence-corrected chi connectivity index (χ2v) is 8.31. The van der Waals surface area contributed by atoms with Crippen molar-refractivity contribution in [2.75, 3.05) is 22.2 Å². The maximum absolute atomic E-state index is 12.5. The molecule has 1 aliphatic rings. The number of para-hydroxylation sites is 1. The number of nitrogens with two attached hydrogens (primary N) is 1. The number of hydrogen-bond donors (Lipinski definition) is 2. The van der Waals surface area contributed by atoms with Gasteiger partial charge in [-0.25, -0.2) is 18.5 Å². The Labute approximate surface area is 159 Å². The van der Waals surface area contributed by atoms with Crippen LogP contribution in [0.4, 0.5) is 23.0 Å². The minimum Gasteiger partial charge on any atom is -0.341 e. The van der Waals surface area contributed by atoms with Gasteiger partial charge in [-0.3, -0.25) is 4.79 Å². The molecule has 1 atom stereocenters. The first-order valence-corrected chi connectivity index (χ1v) is 10.1. The Balaban J connectivity index is 2.06. The van der Waals surface area contributed by atoms with E-state index in [-0.39, 0.29) is 22.9 Å². The Bertz CT molecular complexity index is 990. The summed E-state index contributed by atoms with van der Waals surface area (Å²) in [6.45, 7) is 5.84. The van der Waals surface area contributed by atoms with E-state index in [1.165, 1.54) is 6.07 Å². The number of hydrogen-bond acceptors (Lipinski definition) is 6. The van der Waals surface area contributed by atoms with Gasteiger partial charge in [-0.2, -0.15) is 0 Å². The molecule has 27 heavy (non-hydrogen) atoms. The highest BCUT2D eigenvalue weighted by Crippen LogP contribution is 2.36. The number of likely N-dealkylation sites (N-methyl/N-ethyl adjacent to an activating group) is 1. The standard InChI is InChI=1S/C18H23N5O3S/c1-11(2)23-12(3)18(24)22(4)14-9-10-16(21-17(14)23)20-13-7-5-6-8-15(13)27(19,25)26/h5-12H,1-4H3,(H,20,21)(H2,19,25,26)/t12-/m1/s1. The third-order valence-electron chi connectivity index (χ3n) is 4.58. The number of primary sulfonamides is 1. The lowest BCUT2D eigenvalue weighted by atomic mass is 10.1. The molecule has 1 aromatic carbocycles. The summed E-state index contributed by atoms with van der Waals surface area (Å²) < 4.78 is 23.6. The molecule has 2 aromatic rings. The molecule has 0 aliphatic carbocycles. The van der Waals surface area contributed by atoms with Gasteiger partial charge in [-0.1, -0.05) is 12.1 Å². The SMILES string of the molecule is CC(C)N1c2nc(Nc3ccccc3S(N)(=O)=O)ccc2N(C)C(=O)[C@H]1C. The first-order valence-electron chi connectivity index (χ1n) is 8.57. The van der Waals surface area contributed by atoms with Crippen LogP contribution in [0.1, 0.15) is 20.8 Å². The fourth-order valence-corrected chi connectivity index (χ4v) is 4.01. The Morgan fingerprint density at radius 2 is 1.85 bits per heavy atom. The Morgan fingerprint density at radius 1 is 1.19 bits per heavy atom. The molecular formula is C18H23N5O3S. The molecule has 2 heterocycles. The number of rotatable bonds is 4. The van der Waals surface area contributed by atoms with Crippen LogP contribution in [0.5, 0.6) is 0 Å². The van der Waals surface area contributed by atoms with Gasteiger partial charge in [0, 0.05) is 13.1 Å². The van der Waals surface area contributed by atoms with Gasteiger partial charge >= 0.3 is 0 Å². The number of pyridine rings is 1. The zero-order valence-corrected chi connectivity index (χ0v) is 16.5. The van der Waals surface area contributed by atoms with Crippen molar-refractivity contribution in [3.8, 4) is 0 Å². The van der Waals surface area contributed by atoms with Crippen molar-refractivity contribution in [3.05, 3.63) is 36.4 Å². The van der Waals surface area contributed by atoms with E-state index in [1.807, 2.05) is 25.7 Å². The molecule has 0 fully saturated rings. The monoisotopic (exact) mass is 389 g/mol. The van der Waals surface area contributed by atoms with Crippen LogP contribution in [0.2, 0.25) is 0 Å². The van der Waals surface area contributed by atoms with Crippen LogP contribution in [0, 0.1) is 0 Å². The summed E-state index contributed by atoms with van der Waals surface area (Å²) >= 11 is 0. The molecule has 0 saturated carbocycles. The largest absolute Gasteiger partial charge is 0.341 e. The molecule has 9 heteroatoms. The summed E-state index contributed by atoms with van der Waals surface area (Å²) in [4.78, 5) is 20.7. The number of nitrogens with zero attached hydrogens (tertiary/aromatic N) is 3. The van der Waals surface area contributed by atoms with Crippen molar-refractivity contribution < 1.29 is 13.2 Å². The molecule has 1 amide bonds. The Hall–Kier alpha value is -2.65. The molecular weight excluding hydrogens is 366 g/mol. The van der Waals surface area contributed by atoms with Crippen molar-refractivity contribution in [2.45, 2.75) is 37.8 Å². The van der Waals surface area contributed by atoms with Gasteiger partial charge in [-0.05, 0) is 45.0 Å². The lowest BCUT2D eigenvalue weighted by Gasteiger charge is -2.41. The van der Waals surface area contributed by atoms with Gasteiger partial charge in [-0.15, -0.1) is 0 Å². The molecule has 0 bridgehead atoms. The molecule has 0 unspecified atom stereocenters. The van der Waals surface area contributed by atoms with Gasteiger partial charge in [0.05, 0.1) is 11.4 Å². The van der Waals surface area contributed by atoms with Crippen LogP contribution in [-0.2, 0) is 14.8 Å². The van der Waals surface area contributed by atoms with Gasteiger partial charge in [0.1, 0.15) is 16.8 Å². The summed E-state index contributed by atoms with van der Waals surface area (Å²) in [6.07, 6.45) is 0. The number of anilines is 4. The fourth-order valence-electron chi connectivity index (χ4n) is 3.31. The van der Waals surface area contributed by atoms with Gasteiger partial charge in [0.25, 0.3) is 0 Å². The van der Waals surface area contributed by atoms with Crippen LogP contribution in [-0.4, -0.2) is 38.4 Å². The molecule has 3 rings (SSSR count). The minimum atomic E-state index is -3.87. The predicted octanol–water partition coefficient (Wildman–Crippen LogP) is 2.05. The van der Waals surface area contributed by atoms with E-state index in [1.54, 1.807) is 42.3 Å². The van der Waals surface area contributed by atoms with Crippen LogP contribution in [0.15, 0.2) is 41.3 Å².